The van der Waals surface area contributed by atoms with Gasteiger partial charge in [0.2, 0.25) is 5.91 Å². The normalized spacial score (nSPS) is 23.3. The molecule has 98 valence electrons. The number of amides is 1. The number of carbonyl (C=O) groups excluding carboxylic acids is 1. The first kappa shape index (κ1) is 12.9. The van der Waals surface area contributed by atoms with Crippen LogP contribution in [-0.4, -0.2) is 44.3 Å². The second kappa shape index (κ2) is 4.99. The van der Waals surface area contributed by atoms with E-state index in [0.717, 1.165) is 0 Å². The van der Waals surface area contributed by atoms with Gasteiger partial charge in [-0.1, -0.05) is 0 Å². The summed E-state index contributed by atoms with van der Waals surface area (Å²) >= 11 is 1.39. The first-order valence-corrected chi connectivity index (χ1v) is 6.42. The fraction of sp³-hybridized carbons (Fsp3) is 0.500. The summed E-state index contributed by atoms with van der Waals surface area (Å²) in [4.78, 5) is 40.2. The molecule has 0 saturated carbocycles. The van der Waals surface area contributed by atoms with Crippen LogP contribution in [0.2, 0.25) is 0 Å². The van der Waals surface area contributed by atoms with Gasteiger partial charge in [-0.2, -0.15) is 0 Å². The van der Waals surface area contributed by atoms with E-state index in [2.05, 4.69) is 9.97 Å². The third kappa shape index (κ3) is 2.21. The summed E-state index contributed by atoms with van der Waals surface area (Å²) < 4.78 is 0. The zero-order valence-corrected chi connectivity index (χ0v) is 10.5. The van der Waals surface area contributed by atoms with E-state index < -0.39 is 16.6 Å². The zero-order valence-electron chi connectivity index (χ0n) is 9.67. The van der Waals surface area contributed by atoms with Crippen LogP contribution < -0.4 is 11.2 Å². The van der Waals surface area contributed by atoms with E-state index in [1.807, 2.05) is 0 Å². The van der Waals surface area contributed by atoms with Crippen LogP contribution in [0.5, 0.6) is 0 Å². The molecule has 1 fully saturated rings. The summed E-state index contributed by atoms with van der Waals surface area (Å²) in [7, 11) is 0. The average Bonchev–Trinajstić information content (AvgIpc) is 2.72. The molecule has 0 spiro atoms. The highest BCUT2D eigenvalue weighted by molar-refractivity contribution is 7.99. The highest BCUT2D eigenvalue weighted by Crippen LogP contribution is 2.39. The minimum Gasteiger partial charge on any atom is -0.394 e. The molecule has 1 amide bonds. The van der Waals surface area contributed by atoms with Gasteiger partial charge in [0.15, 0.2) is 0 Å². The summed E-state index contributed by atoms with van der Waals surface area (Å²) in [5.74, 6) is 0.342. The molecule has 1 saturated heterocycles. The lowest BCUT2D eigenvalue weighted by atomic mass is 10.2. The molecule has 2 atom stereocenters. The molecule has 0 bridgehead atoms. The van der Waals surface area contributed by atoms with E-state index in [9.17, 15) is 19.5 Å². The SMILES string of the molecule is CC(=O)N1[C@H](CO)CS[C@@H]1c1c[nH]c(=O)[nH]c1=O. The molecule has 2 heterocycles. The van der Waals surface area contributed by atoms with E-state index in [1.165, 1.54) is 29.8 Å². The van der Waals surface area contributed by atoms with Gasteiger partial charge in [0, 0.05) is 18.9 Å². The number of hydrogen-bond donors (Lipinski definition) is 3. The van der Waals surface area contributed by atoms with Crippen molar-refractivity contribution in [2.24, 2.45) is 0 Å². The largest absolute Gasteiger partial charge is 0.394 e. The molecule has 3 N–H and O–H groups in total. The fourth-order valence-electron chi connectivity index (χ4n) is 1.96. The van der Waals surface area contributed by atoms with Crippen LogP contribution in [0, 0.1) is 0 Å². The Bertz CT molecular complexity index is 567. The smallest absolute Gasteiger partial charge is 0.325 e. The van der Waals surface area contributed by atoms with Crippen LogP contribution >= 0.6 is 11.8 Å². The predicted molar refractivity (Wildman–Crippen MR) is 66.3 cm³/mol. The number of aromatic amines is 2. The van der Waals surface area contributed by atoms with Gasteiger partial charge in [0.25, 0.3) is 5.56 Å². The van der Waals surface area contributed by atoms with Crippen molar-refractivity contribution in [3.63, 3.8) is 0 Å². The highest BCUT2D eigenvalue weighted by Gasteiger charge is 2.37. The maximum atomic E-state index is 11.7. The summed E-state index contributed by atoms with van der Waals surface area (Å²) in [5, 5.41) is 8.74. The van der Waals surface area contributed by atoms with Crippen LogP contribution in [0.15, 0.2) is 15.8 Å². The molecule has 1 aliphatic rings. The Morgan fingerprint density at radius 1 is 1.61 bits per heavy atom. The number of nitrogens with zero attached hydrogens (tertiary/aromatic N) is 1. The van der Waals surface area contributed by atoms with Crippen LogP contribution in [0.4, 0.5) is 0 Å². The molecule has 0 aromatic carbocycles. The van der Waals surface area contributed by atoms with Crippen LogP contribution in [0.3, 0.4) is 0 Å². The van der Waals surface area contributed by atoms with Crippen molar-refractivity contribution in [3.8, 4) is 0 Å². The van der Waals surface area contributed by atoms with Crippen molar-refractivity contribution < 1.29 is 9.90 Å². The first-order chi connectivity index (χ1) is 8.54. The Balaban J connectivity index is 2.41. The lowest BCUT2D eigenvalue weighted by Crippen LogP contribution is -2.40. The molecule has 1 aliphatic heterocycles. The molecule has 8 heteroatoms. The Labute approximate surface area is 106 Å². The molecular weight excluding hydrogens is 258 g/mol. The number of carbonyl (C=O) groups is 1. The van der Waals surface area contributed by atoms with E-state index in [0.29, 0.717) is 11.3 Å². The zero-order chi connectivity index (χ0) is 13.3. The molecule has 0 unspecified atom stereocenters. The maximum Gasteiger partial charge on any atom is 0.325 e. The summed E-state index contributed by atoms with van der Waals surface area (Å²) in [6, 6.07) is -0.302. The van der Waals surface area contributed by atoms with E-state index in [1.54, 1.807) is 0 Å². The number of rotatable bonds is 2. The number of H-pyrrole nitrogens is 2. The third-order valence-corrected chi connectivity index (χ3v) is 4.15. The summed E-state index contributed by atoms with van der Waals surface area (Å²) in [5.41, 5.74) is -0.785. The van der Waals surface area contributed by atoms with Crippen molar-refractivity contribution in [2.75, 3.05) is 12.4 Å². The molecule has 1 aromatic heterocycles. The number of aliphatic hydroxyl groups excluding tert-OH is 1. The Morgan fingerprint density at radius 3 is 2.89 bits per heavy atom. The van der Waals surface area contributed by atoms with E-state index in [-0.39, 0.29) is 18.6 Å². The van der Waals surface area contributed by atoms with Gasteiger partial charge in [-0.05, 0) is 0 Å². The number of aromatic nitrogens is 2. The lowest BCUT2D eigenvalue weighted by molar-refractivity contribution is -0.131. The van der Waals surface area contributed by atoms with Gasteiger partial charge >= 0.3 is 5.69 Å². The van der Waals surface area contributed by atoms with Crippen molar-refractivity contribution in [2.45, 2.75) is 18.3 Å². The Morgan fingerprint density at radius 2 is 2.33 bits per heavy atom. The second-order valence-electron chi connectivity index (χ2n) is 3.98. The maximum absolute atomic E-state index is 11.7. The lowest BCUT2D eigenvalue weighted by Gasteiger charge is -2.26. The van der Waals surface area contributed by atoms with E-state index in [4.69, 9.17) is 0 Å². The third-order valence-electron chi connectivity index (χ3n) is 2.78. The number of nitrogens with one attached hydrogen (secondary N) is 2. The number of thioether (sulfide) groups is 1. The number of hydrogen-bond acceptors (Lipinski definition) is 5. The van der Waals surface area contributed by atoms with E-state index >= 15 is 0 Å². The quantitative estimate of drug-likeness (QED) is 0.641. The standard InChI is InChI=1S/C10H13N3O4S/c1-5(15)13-6(3-14)4-18-9(13)7-2-11-10(17)12-8(7)16/h2,6,9,14H,3-4H2,1H3,(H2,11,12,16,17)/t6-,9-/m1/s1. The molecule has 0 aliphatic carbocycles. The van der Waals surface area contributed by atoms with Gasteiger partial charge in [0.1, 0.15) is 5.37 Å². The second-order valence-corrected chi connectivity index (χ2v) is 5.09. The first-order valence-electron chi connectivity index (χ1n) is 5.38. The van der Waals surface area contributed by atoms with Crippen LogP contribution in [-0.2, 0) is 4.79 Å². The fourth-order valence-corrected chi connectivity index (χ4v) is 3.47. The van der Waals surface area contributed by atoms with Gasteiger partial charge in [-0.3, -0.25) is 14.6 Å². The molecule has 1 aromatic rings. The van der Waals surface area contributed by atoms with Gasteiger partial charge in [-0.25, -0.2) is 4.79 Å². The molecule has 0 radical (unpaired) electrons. The van der Waals surface area contributed by atoms with Gasteiger partial charge in [0.05, 0.1) is 18.2 Å². The van der Waals surface area contributed by atoms with Crippen LogP contribution in [0.1, 0.15) is 17.9 Å². The number of aliphatic hydroxyl groups is 1. The van der Waals surface area contributed by atoms with Crippen LogP contribution in [0.25, 0.3) is 0 Å². The van der Waals surface area contributed by atoms with Crippen molar-refractivity contribution in [3.05, 3.63) is 32.6 Å². The molecule has 2 rings (SSSR count). The van der Waals surface area contributed by atoms with Gasteiger partial charge < -0.3 is 15.0 Å². The molecule has 18 heavy (non-hydrogen) atoms. The summed E-state index contributed by atoms with van der Waals surface area (Å²) in [6.07, 6.45) is 1.31. The van der Waals surface area contributed by atoms with Crippen molar-refractivity contribution >= 4 is 17.7 Å². The van der Waals surface area contributed by atoms with Gasteiger partial charge in [-0.15, -0.1) is 11.8 Å². The summed E-state index contributed by atoms with van der Waals surface area (Å²) in [6.45, 7) is 1.24. The monoisotopic (exact) mass is 271 g/mol. The Kier molecular flexibility index (Phi) is 3.58. The predicted octanol–water partition coefficient (Wildman–Crippen LogP) is -0.982. The average molecular weight is 271 g/mol. The highest BCUT2D eigenvalue weighted by atomic mass is 32.2. The Hall–Kier alpha value is -1.54. The van der Waals surface area contributed by atoms with Crippen molar-refractivity contribution in [1.29, 1.82) is 0 Å². The molecular formula is C10H13N3O4S. The minimum atomic E-state index is -0.583. The molecule has 7 nitrogen and oxygen atoms in total. The topological polar surface area (TPSA) is 106 Å². The van der Waals surface area contributed by atoms with Crippen molar-refractivity contribution in [1.82, 2.24) is 14.9 Å². The minimum absolute atomic E-state index is 0.148.